The molecule has 0 radical (unpaired) electrons. The molecule has 2 heterocycles. The molecule has 0 aromatic heterocycles. The van der Waals surface area contributed by atoms with Gasteiger partial charge in [-0.1, -0.05) is 69.9 Å². The van der Waals surface area contributed by atoms with E-state index in [0.717, 1.165) is 36.0 Å². The smallest absolute Gasteiger partial charge is 0.350 e. The summed E-state index contributed by atoms with van der Waals surface area (Å²) in [6, 6.07) is 5.25. The van der Waals surface area contributed by atoms with Crippen LogP contribution in [0.15, 0.2) is 52.9 Å². The van der Waals surface area contributed by atoms with Gasteiger partial charge in [-0.3, -0.25) is 9.59 Å². The standard InChI is InChI=1S/C33H44N2O6/c1-5-6-7-8-16-40-31(39)33-30(38)28-24(17-21(2)3)10-9-11-26(28)29(37)32(33,41-33)19-25(20-36)22(4)12-13-23-14-15-35-27(34)18-23/h9-11,14,18,21,35-36H,5-8,12-13,15-17,19-20,34H2,1-4H3. The molecule has 8 nitrogen and oxygen atoms in total. The van der Waals surface area contributed by atoms with Crippen molar-refractivity contribution in [1.29, 1.82) is 0 Å². The molecule has 0 spiro atoms. The van der Waals surface area contributed by atoms with Crippen LogP contribution < -0.4 is 11.1 Å². The zero-order valence-corrected chi connectivity index (χ0v) is 24.8. The van der Waals surface area contributed by atoms with E-state index < -0.39 is 28.7 Å². The Balaban J connectivity index is 1.67. The lowest BCUT2D eigenvalue weighted by atomic mass is 9.69. The fourth-order valence-electron chi connectivity index (χ4n) is 6.00. The van der Waals surface area contributed by atoms with Crippen molar-refractivity contribution in [3.8, 4) is 0 Å². The number of benzene rings is 1. The number of ketones is 2. The van der Waals surface area contributed by atoms with E-state index in [-0.39, 0.29) is 36.7 Å². The summed E-state index contributed by atoms with van der Waals surface area (Å²) in [7, 11) is 0. The van der Waals surface area contributed by atoms with E-state index >= 15 is 0 Å². The molecule has 1 aromatic rings. The molecule has 41 heavy (non-hydrogen) atoms. The van der Waals surface area contributed by atoms with E-state index in [1.165, 1.54) is 0 Å². The Labute approximate surface area is 243 Å². The number of hydrogen-bond acceptors (Lipinski definition) is 8. The second kappa shape index (κ2) is 12.7. The number of rotatable bonds is 14. The largest absolute Gasteiger partial charge is 0.463 e. The monoisotopic (exact) mass is 564 g/mol. The summed E-state index contributed by atoms with van der Waals surface area (Å²) in [5.74, 6) is -0.887. The minimum Gasteiger partial charge on any atom is -0.463 e. The third-order valence-electron chi connectivity index (χ3n) is 8.37. The fraction of sp³-hybridized carbons (Fsp3) is 0.545. The third kappa shape index (κ3) is 5.90. The van der Waals surface area contributed by atoms with Gasteiger partial charge in [0, 0.05) is 24.1 Å². The van der Waals surface area contributed by atoms with E-state index in [4.69, 9.17) is 15.2 Å². The van der Waals surface area contributed by atoms with Crippen LogP contribution in [-0.2, 0) is 20.7 Å². The lowest BCUT2D eigenvalue weighted by Gasteiger charge is -2.27. The first-order valence-corrected chi connectivity index (χ1v) is 14.9. The van der Waals surface area contributed by atoms with Crippen LogP contribution >= 0.6 is 0 Å². The van der Waals surface area contributed by atoms with Crippen molar-refractivity contribution in [3.63, 3.8) is 0 Å². The van der Waals surface area contributed by atoms with E-state index in [2.05, 4.69) is 18.3 Å². The Bertz CT molecular complexity index is 1290. The molecule has 2 atom stereocenters. The van der Waals surface area contributed by atoms with E-state index in [0.29, 0.717) is 43.6 Å². The number of hydrogen-bond donors (Lipinski definition) is 3. The highest BCUT2D eigenvalue weighted by atomic mass is 16.7. The van der Waals surface area contributed by atoms with Crippen molar-refractivity contribution in [2.45, 2.75) is 90.3 Å². The molecule has 2 unspecified atom stereocenters. The molecule has 0 saturated carbocycles. The Morgan fingerprint density at radius 3 is 2.66 bits per heavy atom. The highest BCUT2D eigenvalue weighted by molar-refractivity contribution is 6.33. The van der Waals surface area contributed by atoms with Crippen LogP contribution in [0, 0.1) is 5.92 Å². The van der Waals surface area contributed by atoms with Crippen molar-refractivity contribution >= 4 is 17.5 Å². The van der Waals surface area contributed by atoms with Crippen molar-refractivity contribution in [1.82, 2.24) is 5.32 Å². The minimum absolute atomic E-state index is 0.0583. The zero-order valence-electron chi connectivity index (χ0n) is 24.8. The van der Waals surface area contributed by atoms with Crippen LogP contribution in [0.25, 0.3) is 0 Å². The minimum atomic E-state index is -2.04. The average molecular weight is 565 g/mol. The van der Waals surface area contributed by atoms with Gasteiger partial charge < -0.3 is 25.6 Å². The molecular formula is C33H44N2O6. The van der Waals surface area contributed by atoms with Crippen LogP contribution in [0.2, 0.25) is 0 Å². The number of allylic oxidation sites excluding steroid dienone is 3. The SMILES string of the molecule is CCCCCCOC(=O)C12OC1(CC(CO)=C(C)CCC1=CCNC(N)=C1)C(=O)c1cccc(CC(C)C)c1C2=O. The molecule has 8 heteroatoms. The average Bonchev–Trinajstić information content (AvgIpc) is 3.64. The van der Waals surface area contributed by atoms with Crippen LogP contribution in [0.3, 0.4) is 0 Å². The number of ether oxygens (including phenoxy) is 2. The molecule has 1 aromatic carbocycles. The Morgan fingerprint density at radius 1 is 1.20 bits per heavy atom. The number of nitrogens with one attached hydrogen (secondary N) is 1. The van der Waals surface area contributed by atoms with Gasteiger partial charge in [0.2, 0.25) is 5.78 Å². The number of aliphatic hydroxyl groups is 1. The van der Waals surface area contributed by atoms with Gasteiger partial charge in [0.15, 0.2) is 11.4 Å². The number of epoxide rings is 1. The molecular weight excluding hydrogens is 520 g/mol. The normalized spacial score (nSPS) is 23.7. The Kier molecular flexibility index (Phi) is 9.55. The van der Waals surface area contributed by atoms with Crippen LogP contribution in [0.4, 0.5) is 0 Å². The first-order chi connectivity index (χ1) is 19.6. The summed E-state index contributed by atoms with van der Waals surface area (Å²) in [5.41, 5.74) is 5.93. The summed E-state index contributed by atoms with van der Waals surface area (Å²) in [5, 5.41) is 13.4. The summed E-state index contributed by atoms with van der Waals surface area (Å²) in [6.45, 7) is 8.57. The number of carbonyl (C=O) groups is 3. The van der Waals surface area contributed by atoms with E-state index in [9.17, 15) is 19.5 Å². The van der Waals surface area contributed by atoms with Gasteiger partial charge in [-0.05, 0) is 61.3 Å². The van der Waals surface area contributed by atoms with E-state index in [1.54, 1.807) is 12.1 Å². The molecule has 0 amide bonds. The van der Waals surface area contributed by atoms with Gasteiger partial charge >= 0.3 is 5.97 Å². The van der Waals surface area contributed by atoms with Crippen LogP contribution in [-0.4, -0.2) is 53.6 Å². The number of unbranched alkanes of at least 4 members (excludes halogenated alkanes) is 3. The molecule has 3 aliphatic rings. The molecule has 1 fully saturated rings. The number of nitrogens with two attached hydrogens (primary N) is 1. The number of aliphatic hydroxyl groups excluding tert-OH is 1. The van der Waals surface area contributed by atoms with Gasteiger partial charge in [0.05, 0.1) is 19.0 Å². The molecule has 1 saturated heterocycles. The fourth-order valence-corrected chi connectivity index (χ4v) is 6.00. The Morgan fingerprint density at radius 2 is 1.98 bits per heavy atom. The first kappa shape index (κ1) is 30.7. The summed E-state index contributed by atoms with van der Waals surface area (Å²) in [4.78, 5) is 42.1. The molecule has 4 N–H and O–H groups in total. The maximum atomic E-state index is 14.2. The topological polar surface area (TPSA) is 131 Å². The van der Waals surface area contributed by atoms with Crippen LogP contribution in [0.5, 0.6) is 0 Å². The van der Waals surface area contributed by atoms with Crippen molar-refractivity contribution in [3.05, 3.63) is 69.6 Å². The molecule has 2 aliphatic heterocycles. The number of esters is 1. The number of fused-ring (bicyclic) bond motifs is 2. The van der Waals surface area contributed by atoms with Gasteiger partial charge in [-0.15, -0.1) is 0 Å². The van der Waals surface area contributed by atoms with Crippen molar-refractivity contribution in [2.75, 3.05) is 19.8 Å². The molecule has 0 bridgehead atoms. The zero-order chi connectivity index (χ0) is 29.8. The Hall–Kier alpha value is -3.23. The third-order valence-corrected chi connectivity index (χ3v) is 8.37. The number of dihydropyridines is 1. The maximum absolute atomic E-state index is 14.2. The van der Waals surface area contributed by atoms with Gasteiger partial charge in [-0.2, -0.15) is 0 Å². The molecule has 4 rings (SSSR count). The second-order valence-corrected chi connectivity index (χ2v) is 11.9. The van der Waals surface area contributed by atoms with Crippen molar-refractivity contribution in [2.24, 2.45) is 11.7 Å². The van der Waals surface area contributed by atoms with Crippen molar-refractivity contribution < 1.29 is 29.0 Å². The lowest BCUT2D eigenvalue weighted by molar-refractivity contribution is -0.148. The quantitative estimate of drug-likeness (QED) is 0.0974. The number of carbonyl (C=O) groups excluding carboxylic acids is 3. The van der Waals surface area contributed by atoms with Crippen LogP contribution in [0.1, 0.15) is 98.9 Å². The van der Waals surface area contributed by atoms with Gasteiger partial charge in [0.25, 0.3) is 5.60 Å². The van der Waals surface area contributed by atoms with Gasteiger partial charge in [0.1, 0.15) is 0 Å². The lowest BCUT2D eigenvalue weighted by Crippen LogP contribution is -2.51. The van der Waals surface area contributed by atoms with E-state index in [1.807, 2.05) is 32.9 Å². The molecule has 222 valence electrons. The highest BCUT2D eigenvalue weighted by Crippen LogP contribution is 2.60. The predicted molar refractivity (Wildman–Crippen MR) is 157 cm³/mol. The molecule has 1 aliphatic carbocycles. The highest BCUT2D eigenvalue weighted by Gasteiger charge is 2.85. The summed E-state index contributed by atoms with van der Waals surface area (Å²) < 4.78 is 11.7. The predicted octanol–water partition coefficient (Wildman–Crippen LogP) is 4.70. The van der Waals surface area contributed by atoms with Gasteiger partial charge in [-0.25, -0.2) is 4.79 Å². The first-order valence-electron chi connectivity index (χ1n) is 14.9. The maximum Gasteiger partial charge on any atom is 0.350 e. The number of Topliss-reactive ketones (excluding diaryl/α,β-unsaturated/α-hetero) is 2. The second-order valence-electron chi connectivity index (χ2n) is 11.9. The summed E-state index contributed by atoms with van der Waals surface area (Å²) in [6.07, 6.45) is 9.42. The summed E-state index contributed by atoms with van der Waals surface area (Å²) >= 11 is 0.